The first-order valence-electron chi connectivity index (χ1n) is 6.04. The molecule has 6 nitrogen and oxygen atoms in total. The van der Waals surface area contributed by atoms with Crippen molar-refractivity contribution >= 4 is 32.5 Å². The number of methoxy groups -OCH3 is 1. The van der Waals surface area contributed by atoms with Gasteiger partial charge < -0.3 is 4.74 Å². The molecule has 1 aliphatic rings. The largest absolute Gasteiger partial charge is 0.469 e. The Balaban J connectivity index is 1.83. The highest BCUT2D eigenvalue weighted by molar-refractivity contribution is 7.93. The van der Waals surface area contributed by atoms with E-state index in [9.17, 15) is 13.2 Å². The number of rotatable bonds is 7. The van der Waals surface area contributed by atoms with E-state index in [2.05, 4.69) is 14.4 Å². The van der Waals surface area contributed by atoms with Gasteiger partial charge in [-0.1, -0.05) is 0 Å². The van der Waals surface area contributed by atoms with Gasteiger partial charge in [0, 0.05) is 11.8 Å². The molecule has 1 N–H and O–H groups in total. The van der Waals surface area contributed by atoms with Crippen LogP contribution in [0.15, 0.2) is 5.38 Å². The highest BCUT2D eigenvalue weighted by Gasteiger charge is 2.36. The smallest absolute Gasteiger partial charge is 0.305 e. The molecular formula is C11H16N2O4S2. The summed E-state index contributed by atoms with van der Waals surface area (Å²) >= 11 is 1.27. The number of aryl methyl sites for hydroxylation is 1. The van der Waals surface area contributed by atoms with E-state index in [-0.39, 0.29) is 11.2 Å². The Hall–Kier alpha value is -1.15. The van der Waals surface area contributed by atoms with Crippen molar-refractivity contribution in [3.63, 3.8) is 0 Å². The van der Waals surface area contributed by atoms with Crippen LogP contribution in [0.1, 0.15) is 31.4 Å². The molecular weight excluding hydrogens is 288 g/mol. The molecule has 2 rings (SSSR count). The lowest BCUT2D eigenvalue weighted by atomic mass is 10.2. The fourth-order valence-electron chi connectivity index (χ4n) is 1.57. The number of sulfonamides is 1. The fraction of sp³-hybridized carbons (Fsp3) is 0.636. The van der Waals surface area contributed by atoms with Crippen molar-refractivity contribution in [3.8, 4) is 0 Å². The molecule has 1 aliphatic carbocycles. The molecule has 0 saturated heterocycles. The SMILES string of the molecule is COC(=O)CCCc1csc(NS(=O)(=O)C2CC2)n1. The van der Waals surface area contributed by atoms with Crippen LogP contribution in [0.5, 0.6) is 0 Å². The van der Waals surface area contributed by atoms with Crippen LogP contribution in [0.25, 0.3) is 0 Å². The Labute approximate surface area is 116 Å². The van der Waals surface area contributed by atoms with Crippen LogP contribution in [0.2, 0.25) is 0 Å². The predicted octanol–water partition coefficient (Wildman–Crippen LogP) is 1.54. The number of carbonyl (C=O) groups is 1. The van der Waals surface area contributed by atoms with E-state index in [0.29, 0.717) is 24.4 Å². The van der Waals surface area contributed by atoms with Crippen LogP contribution in [0, 0.1) is 0 Å². The first-order chi connectivity index (χ1) is 9.01. The van der Waals surface area contributed by atoms with E-state index in [1.165, 1.54) is 18.4 Å². The number of nitrogens with zero attached hydrogens (tertiary/aromatic N) is 1. The average molecular weight is 304 g/mol. The van der Waals surface area contributed by atoms with Gasteiger partial charge in [0.2, 0.25) is 10.0 Å². The van der Waals surface area contributed by atoms with E-state index in [0.717, 1.165) is 18.5 Å². The van der Waals surface area contributed by atoms with Crippen LogP contribution in [-0.2, 0) is 26.0 Å². The third-order valence-electron chi connectivity index (χ3n) is 2.79. The quantitative estimate of drug-likeness (QED) is 0.772. The van der Waals surface area contributed by atoms with Gasteiger partial charge in [-0.3, -0.25) is 9.52 Å². The van der Waals surface area contributed by atoms with Gasteiger partial charge in [0.15, 0.2) is 5.13 Å². The van der Waals surface area contributed by atoms with Crippen molar-refractivity contribution in [2.45, 2.75) is 37.4 Å². The Morgan fingerprint density at radius 3 is 2.95 bits per heavy atom. The summed E-state index contributed by atoms with van der Waals surface area (Å²) in [7, 11) is -1.88. The zero-order chi connectivity index (χ0) is 13.9. The van der Waals surface area contributed by atoms with Crippen molar-refractivity contribution in [2.75, 3.05) is 11.8 Å². The third-order valence-corrected chi connectivity index (χ3v) is 5.55. The van der Waals surface area contributed by atoms with Crippen molar-refractivity contribution in [1.82, 2.24) is 4.98 Å². The van der Waals surface area contributed by atoms with Crippen LogP contribution in [0.4, 0.5) is 5.13 Å². The van der Waals surface area contributed by atoms with Gasteiger partial charge in [0.1, 0.15) is 0 Å². The van der Waals surface area contributed by atoms with Crippen molar-refractivity contribution < 1.29 is 17.9 Å². The predicted molar refractivity (Wildman–Crippen MR) is 72.6 cm³/mol. The number of carbonyl (C=O) groups excluding carboxylic acids is 1. The van der Waals surface area contributed by atoms with Gasteiger partial charge in [-0.05, 0) is 25.7 Å². The molecule has 0 atom stereocenters. The number of hydrogen-bond donors (Lipinski definition) is 1. The van der Waals surface area contributed by atoms with E-state index < -0.39 is 10.0 Å². The molecule has 8 heteroatoms. The van der Waals surface area contributed by atoms with Gasteiger partial charge in [-0.2, -0.15) is 0 Å². The first kappa shape index (κ1) is 14.3. The number of hydrogen-bond acceptors (Lipinski definition) is 6. The zero-order valence-electron chi connectivity index (χ0n) is 10.6. The second-order valence-electron chi connectivity index (χ2n) is 4.42. The molecule has 0 bridgehead atoms. The summed E-state index contributed by atoms with van der Waals surface area (Å²) in [6.07, 6.45) is 3.08. The summed E-state index contributed by atoms with van der Waals surface area (Å²) in [5.41, 5.74) is 0.794. The normalized spacial score (nSPS) is 15.2. The molecule has 0 aromatic carbocycles. The molecule has 106 valence electrons. The molecule has 0 radical (unpaired) electrons. The summed E-state index contributed by atoms with van der Waals surface area (Å²) in [4.78, 5) is 15.1. The molecule has 1 aromatic heterocycles. The van der Waals surface area contributed by atoms with Crippen molar-refractivity contribution in [3.05, 3.63) is 11.1 Å². The highest BCUT2D eigenvalue weighted by Crippen LogP contribution is 2.30. The maximum absolute atomic E-state index is 11.7. The van der Waals surface area contributed by atoms with E-state index in [1.54, 1.807) is 0 Å². The summed E-state index contributed by atoms with van der Waals surface area (Å²) in [6, 6.07) is 0. The zero-order valence-corrected chi connectivity index (χ0v) is 12.2. The number of nitrogens with one attached hydrogen (secondary N) is 1. The van der Waals surface area contributed by atoms with E-state index >= 15 is 0 Å². The van der Waals surface area contributed by atoms with Gasteiger partial charge in [0.25, 0.3) is 0 Å². The minimum atomic E-state index is -3.24. The van der Waals surface area contributed by atoms with Crippen molar-refractivity contribution in [2.24, 2.45) is 0 Å². The second kappa shape index (κ2) is 5.87. The number of aromatic nitrogens is 1. The molecule has 0 amide bonds. The second-order valence-corrected chi connectivity index (χ2v) is 7.24. The monoisotopic (exact) mass is 304 g/mol. The number of thiazole rings is 1. The van der Waals surface area contributed by atoms with Crippen LogP contribution < -0.4 is 4.72 Å². The summed E-state index contributed by atoms with van der Waals surface area (Å²) < 4.78 is 30.5. The maximum Gasteiger partial charge on any atom is 0.305 e. The molecule has 0 aliphatic heterocycles. The summed E-state index contributed by atoms with van der Waals surface area (Å²) in [5, 5.41) is 1.96. The lowest BCUT2D eigenvalue weighted by Gasteiger charge is -2.02. The number of ether oxygens (including phenoxy) is 1. The molecule has 0 spiro atoms. The molecule has 1 fully saturated rings. The summed E-state index contributed by atoms with van der Waals surface area (Å²) in [6.45, 7) is 0. The molecule has 1 heterocycles. The Morgan fingerprint density at radius 1 is 1.58 bits per heavy atom. The lowest BCUT2D eigenvalue weighted by Crippen LogP contribution is -2.17. The number of esters is 1. The van der Waals surface area contributed by atoms with Gasteiger partial charge in [0.05, 0.1) is 18.1 Å². The Morgan fingerprint density at radius 2 is 2.32 bits per heavy atom. The minimum Gasteiger partial charge on any atom is -0.469 e. The van der Waals surface area contributed by atoms with Gasteiger partial charge >= 0.3 is 5.97 Å². The van der Waals surface area contributed by atoms with Gasteiger partial charge in [-0.15, -0.1) is 11.3 Å². The fourth-order valence-corrected chi connectivity index (χ4v) is 3.91. The highest BCUT2D eigenvalue weighted by atomic mass is 32.2. The maximum atomic E-state index is 11.7. The minimum absolute atomic E-state index is 0.245. The molecule has 0 unspecified atom stereocenters. The molecule has 1 saturated carbocycles. The average Bonchev–Trinajstić information content (AvgIpc) is 3.13. The third kappa shape index (κ3) is 4.17. The first-order valence-corrected chi connectivity index (χ1v) is 8.46. The topological polar surface area (TPSA) is 85.4 Å². The Kier molecular flexibility index (Phi) is 4.41. The van der Waals surface area contributed by atoms with Gasteiger partial charge in [-0.25, -0.2) is 13.4 Å². The lowest BCUT2D eigenvalue weighted by molar-refractivity contribution is -0.140. The van der Waals surface area contributed by atoms with Crippen molar-refractivity contribution in [1.29, 1.82) is 0 Å². The Bertz CT molecular complexity index is 549. The summed E-state index contributed by atoms with van der Waals surface area (Å²) in [5.74, 6) is -0.245. The van der Waals surface area contributed by atoms with Crippen LogP contribution in [-0.4, -0.2) is 31.7 Å². The van der Waals surface area contributed by atoms with Crippen LogP contribution >= 0.6 is 11.3 Å². The number of anilines is 1. The standard InChI is InChI=1S/C11H16N2O4S2/c1-17-10(14)4-2-3-8-7-18-11(12-8)13-19(15,16)9-5-6-9/h7,9H,2-6H2,1H3,(H,12,13). The van der Waals surface area contributed by atoms with E-state index in [1.807, 2.05) is 5.38 Å². The molecule has 19 heavy (non-hydrogen) atoms. The van der Waals surface area contributed by atoms with Crippen LogP contribution in [0.3, 0.4) is 0 Å². The molecule has 1 aromatic rings. The van der Waals surface area contributed by atoms with E-state index in [4.69, 9.17) is 0 Å².